The van der Waals surface area contributed by atoms with Gasteiger partial charge in [0.1, 0.15) is 5.75 Å². The maximum atomic E-state index is 12.5. The average Bonchev–Trinajstić information content (AvgIpc) is 2.61. The molecular formula is C18H21N3O3S. The molecule has 1 unspecified atom stereocenters. The number of phenols is 1. The number of aromatic amines is 1. The number of carbonyl (C=O) groups is 1. The van der Waals surface area contributed by atoms with Crippen LogP contribution in [0.3, 0.4) is 0 Å². The van der Waals surface area contributed by atoms with Crippen molar-refractivity contribution in [3.05, 3.63) is 45.9 Å². The number of aromatic nitrogens is 2. The average molecular weight is 359 g/mol. The fraction of sp³-hybridized carbons (Fsp3) is 0.389. The van der Waals surface area contributed by atoms with Gasteiger partial charge in [0.05, 0.1) is 10.9 Å². The van der Waals surface area contributed by atoms with Gasteiger partial charge in [-0.1, -0.05) is 18.7 Å². The molecule has 2 aromatic rings. The van der Waals surface area contributed by atoms with Crippen LogP contribution >= 0.6 is 11.8 Å². The number of hydrogen-bond donors (Lipinski definition) is 3. The number of carbonyl (C=O) groups excluding carboxylic acids is 1. The summed E-state index contributed by atoms with van der Waals surface area (Å²) >= 11 is 1.28. The molecule has 1 aliphatic carbocycles. The van der Waals surface area contributed by atoms with E-state index in [1.165, 1.54) is 23.9 Å². The predicted octanol–water partition coefficient (Wildman–Crippen LogP) is 2.86. The van der Waals surface area contributed by atoms with Gasteiger partial charge in [-0.3, -0.25) is 9.59 Å². The van der Waals surface area contributed by atoms with Gasteiger partial charge in [-0.05, 0) is 56.4 Å². The molecule has 3 N–H and O–H groups in total. The Balaban J connectivity index is 1.73. The van der Waals surface area contributed by atoms with E-state index in [9.17, 15) is 14.7 Å². The van der Waals surface area contributed by atoms with Crippen molar-refractivity contribution in [3.8, 4) is 5.75 Å². The van der Waals surface area contributed by atoms with Gasteiger partial charge in [0.25, 0.3) is 5.56 Å². The van der Waals surface area contributed by atoms with Gasteiger partial charge in [-0.15, -0.1) is 0 Å². The number of amides is 1. The van der Waals surface area contributed by atoms with Crippen LogP contribution in [0.2, 0.25) is 0 Å². The largest absolute Gasteiger partial charge is 0.508 e. The van der Waals surface area contributed by atoms with Crippen molar-refractivity contribution in [1.82, 2.24) is 9.97 Å². The Morgan fingerprint density at radius 3 is 2.76 bits per heavy atom. The fourth-order valence-corrected chi connectivity index (χ4v) is 3.78. The fourth-order valence-electron chi connectivity index (χ4n) is 2.86. The monoisotopic (exact) mass is 359 g/mol. The van der Waals surface area contributed by atoms with Crippen molar-refractivity contribution in [2.75, 3.05) is 5.32 Å². The SMILES string of the molecule is CCC(Sc1nc2c(c(=O)[nH]1)CCCC2)C(=O)Nc1ccc(O)cc1. The second-order valence-electron chi connectivity index (χ2n) is 6.05. The lowest BCUT2D eigenvalue weighted by molar-refractivity contribution is -0.115. The summed E-state index contributed by atoms with van der Waals surface area (Å²) in [6.07, 6.45) is 4.28. The molecule has 0 spiro atoms. The first kappa shape index (κ1) is 17.5. The molecule has 3 rings (SSSR count). The maximum absolute atomic E-state index is 12.5. The molecule has 25 heavy (non-hydrogen) atoms. The molecule has 1 heterocycles. The van der Waals surface area contributed by atoms with Crippen molar-refractivity contribution in [2.24, 2.45) is 0 Å². The van der Waals surface area contributed by atoms with Crippen LogP contribution in [0.4, 0.5) is 5.69 Å². The van der Waals surface area contributed by atoms with E-state index in [0.29, 0.717) is 17.3 Å². The van der Waals surface area contributed by atoms with Gasteiger partial charge >= 0.3 is 0 Å². The number of rotatable bonds is 5. The summed E-state index contributed by atoms with van der Waals surface area (Å²) in [5.41, 5.74) is 2.19. The van der Waals surface area contributed by atoms with Crippen LogP contribution in [0.25, 0.3) is 0 Å². The lowest BCUT2D eigenvalue weighted by atomic mass is 9.97. The topological polar surface area (TPSA) is 95.1 Å². The van der Waals surface area contributed by atoms with Gasteiger partial charge in [0.15, 0.2) is 5.16 Å². The molecule has 0 bridgehead atoms. The minimum absolute atomic E-state index is 0.0824. The van der Waals surface area contributed by atoms with Crippen molar-refractivity contribution in [1.29, 1.82) is 0 Å². The zero-order valence-electron chi connectivity index (χ0n) is 14.0. The number of nitrogens with one attached hydrogen (secondary N) is 2. The lowest BCUT2D eigenvalue weighted by Gasteiger charge is -2.17. The quantitative estimate of drug-likeness (QED) is 0.433. The van der Waals surface area contributed by atoms with Crippen LogP contribution in [0.15, 0.2) is 34.2 Å². The van der Waals surface area contributed by atoms with Gasteiger partial charge in [0.2, 0.25) is 5.91 Å². The normalized spacial score (nSPS) is 14.6. The molecule has 0 fully saturated rings. The first-order chi connectivity index (χ1) is 12.1. The summed E-state index contributed by atoms with van der Waals surface area (Å²) in [7, 11) is 0. The van der Waals surface area contributed by atoms with E-state index in [4.69, 9.17) is 0 Å². The second kappa shape index (κ2) is 7.74. The Hall–Kier alpha value is -2.28. The Morgan fingerprint density at radius 2 is 2.04 bits per heavy atom. The van der Waals surface area contributed by atoms with Gasteiger partial charge in [0, 0.05) is 11.3 Å². The van der Waals surface area contributed by atoms with E-state index in [-0.39, 0.29) is 22.5 Å². The third-order valence-electron chi connectivity index (χ3n) is 4.22. The number of H-pyrrole nitrogens is 1. The van der Waals surface area contributed by atoms with Crippen LogP contribution in [0, 0.1) is 0 Å². The van der Waals surface area contributed by atoms with Crippen LogP contribution < -0.4 is 10.9 Å². The molecule has 1 aliphatic rings. The highest BCUT2D eigenvalue weighted by Gasteiger charge is 2.22. The maximum Gasteiger partial charge on any atom is 0.254 e. The lowest BCUT2D eigenvalue weighted by Crippen LogP contribution is -2.26. The number of aromatic hydroxyl groups is 1. The van der Waals surface area contributed by atoms with Gasteiger partial charge < -0.3 is 15.4 Å². The molecule has 0 radical (unpaired) electrons. The molecule has 0 saturated heterocycles. The molecule has 6 nitrogen and oxygen atoms in total. The summed E-state index contributed by atoms with van der Waals surface area (Å²) in [5.74, 6) is -0.00573. The second-order valence-corrected chi connectivity index (χ2v) is 7.25. The van der Waals surface area contributed by atoms with Crippen LogP contribution in [-0.2, 0) is 17.6 Å². The highest BCUT2D eigenvalue weighted by Crippen LogP contribution is 2.25. The molecule has 1 atom stereocenters. The molecule has 7 heteroatoms. The summed E-state index contributed by atoms with van der Waals surface area (Å²) in [6, 6.07) is 6.33. The zero-order chi connectivity index (χ0) is 17.8. The number of fused-ring (bicyclic) bond motifs is 1. The van der Waals surface area contributed by atoms with Gasteiger partial charge in [-0.2, -0.15) is 0 Å². The number of anilines is 1. The number of hydrogen-bond acceptors (Lipinski definition) is 5. The van der Waals surface area contributed by atoms with E-state index in [0.717, 1.165) is 36.9 Å². The Morgan fingerprint density at radius 1 is 1.32 bits per heavy atom. The summed E-state index contributed by atoms with van der Waals surface area (Å²) < 4.78 is 0. The molecule has 1 aromatic carbocycles. The molecule has 0 aliphatic heterocycles. The van der Waals surface area contributed by atoms with E-state index >= 15 is 0 Å². The molecular weight excluding hydrogens is 338 g/mol. The predicted molar refractivity (Wildman–Crippen MR) is 98.2 cm³/mol. The molecule has 1 amide bonds. The first-order valence-corrected chi connectivity index (χ1v) is 9.33. The number of aryl methyl sites for hydroxylation is 1. The number of phenolic OH excluding ortho intramolecular Hbond substituents is 1. The molecule has 0 saturated carbocycles. The Labute approximate surface area is 150 Å². The van der Waals surface area contributed by atoms with E-state index in [1.807, 2.05) is 6.92 Å². The molecule has 132 valence electrons. The summed E-state index contributed by atoms with van der Waals surface area (Å²) in [6.45, 7) is 1.92. The minimum Gasteiger partial charge on any atom is -0.508 e. The Kier molecular flexibility index (Phi) is 5.43. The standard InChI is InChI=1S/C18H21N3O3S/c1-2-15(17(24)19-11-7-9-12(22)10-8-11)25-18-20-14-6-4-3-5-13(14)16(23)21-18/h7-10,15,22H,2-6H2,1H3,(H,19,24)(H,20,21,23). The third kappa shape index (κ3) is 4.22. The van der Waals surface area contributed by atoms with Gasteiger partial charge in [-0.25, -0.2) is 4.98 Å². The highest BCUT2D eigenvalue weighted by molar-refractivity contribution is 8.00. The van der Waals surface area contributed by atoms with Crippen molar-refractivity contribution in [3.63, 3.8) is 0 Å². The Bertz CT molecular complexity index is 817. The van der Waals surface area contributed by atoms with Crippen LogP contribution in [0.1, 0.15) is 37.4 Å². The number of nitrogens with zero attached hydrogens (tertiary/aromatic N) is 1. The van der Waals surface area contributed by atoms with Crippen molar-refractivity contribution in [2.45, 2.75) is 49.4 Å². The van der Waals surface area contributed by atoms with E-state index in [2.05, 4.69) is 15.3 Å². The van der Waals surface area contributed by atoms with Crippen LogP contribution in [0.5, 0.6) is 5.75 Å². The molecule has 1 aromatic heterocycles. The third-order valence-corrected chi connectivity index (χ3v) is 5.47. The smallest absolute Gasteiger partial charge is 0.254 e. The summed E-state index contributed by atoms with van der Waals surface area (Å²) in [5, 5.41) is 12.3. The zero-order valence-corrected chi connectivity index (χ0v) is 14.9. The number of thioether (sulfide) groups is 1. The minimum atomic E-state index is -0.362. The van der Waals surface area contributed by atoms with E-state index in [1.54, 1.807) is 12.1 Å². The number of benzene rings is 1. The highest BCUT2D eigenvalue weighted by atomic mass is 32.2. The van der Waals surface area contributed by atoms with E-state index < -0.39 is 0 Å². The van der Waals surface area contributed by atoms with Crippen LogP contribution in [-0.4, -0.2) is 26.2 Å². The first-order valence-electron chi connectivity index (χ1n) is 8.45. The van der Waals surface area contributed by atoms with Crippen molar-refractivity contribution >= 4 is 23.4 Å². The summed E-state index contributed by atoms with van der Waals surface area (Å²) in [4.78, 5) is 32.1. The van der Waals surface area contributed by atoms with Crippen molar-refractivity contribution < 1.29 is 9.90 Å².